The molecule has 0 bridgehead atoms. The van der Waals surface area contributed by atoms with E-state index in [1.165, 1.54) is 13.8 Å². The third-order valence-corrected chi connectivity index (χ3v) is 7.07. The summed E-state index contributed by atoms with van der Waals surface area (Å²) in [6.45, 7) is 11.6. The van der Waals surface area contributed by atoms with Gasteiger partial charge in [-0.1, -0.05) is 12.8 Å². The summed E-state index contributed by atoms with van der Waals surface area (Å²) in [6, 6.07) is 0. The lowest BCUT2D eigenvalue weighted by Gasteiger charge is -2.26. The van der Waals surface area contributed by atoms with Gasteiger partial charge in [0, 0.05) is 48.5 Å². The van der Waals surface area contributed by atoms with Crippen molar-refractivity contribution in [2.45, 2.75) is 65.2 Å². The first-order chi connectivity index (χ1) is 19.0. The van der Waals surface area contributed by atoms with Gasteiger partial charge in [0.1, 0.15) is 0 Å². The SMILES string of the molecule is CC(C(=O)O)=C(CCCCCN1CCOCC1)C(=O)O.CC(C(=O)O)=C(CCCCCN1CCOCC1)C(=O)O. The second-order valence-electron chi connectivity index (χ2n) is 9.96. The molecule has 4 N–H and O–H groups in total. The average molecular weight is 571 g/mol. The summed E-state index contributed by atoms with van der Waals surface area (Å²) in [6.07, 6.45) is 5.85. The number of nitrogens with zero attached hydrogens (tertiary/aromatic N) is 2. The Morgan fingerprint density at radius 3 is 1.12 bits per heavy atom. The molecule has 0 amide bonds. The largest absolute Gasteiger partial charge is 0.478 e. The van der Waals surface area contributed by atoms with Crippen molar-refractivity contribution in [3.8, 4) is 0 Å². The lowest BCUT2D eigenvalue weighted by molar-refractivity contribution is -0.136. The van der Waals surface area contributed by atoms with E-state index in [9.17, 15) is 19.2 Å². The Morgan fingerprint density at radius 1 is 0.525 bits per heavy atom. The van der Waals surface area contributed by atoms with Crippen LogP contribution in [-0.4, -0.2) is 120 Å². The van der Waals surface area contributed by atoms with Crippen LogP contribution in [0.1, 0.15) is 65.2 Å². The first-order valence-electron chi connectivity index (χ1n) is 14.0. The van der Waals surface area contributed by atoms with E-state index in [0.29, 0.717) is 25.7 Å². The van der Waals surface area contributed by atoms with E-state index in [2.05, 4.69) is 9.80 Å². The number of morpholine rings is 2. The molecule has 0 radical (unpaired) electrons. The average Bonchev–Trinajstić information content (AvgIpc) is 2.93. The highest BCUT2D eigenvalue weighted by Gasteiger charge is 2.17. The number of ether oxygens (including phenoxy) is 2. The van der Waals surface area contributed by atoms with E-state index in [1.807, 2.05) is 0 Å². The van der Waals surface area contributed by atoms with Crippen molar-refractivity contribution < 1.29 is 49.1 Å². The van der Waals surface area contributed by atoms with Crippen LogP contribution in [0.2, 0.25) is 0 Å². The van der Waals surface area contributed by atoms with Crippen molar-refractivity contribution in [1.82, 2.24) is 9.80 Å². The molecule has 12 nitrogen and oxygen atoms in total. The second-order valence-corrected chi connectivity index (χ2v) is 9.96. The van der Waals surface area contributed by atoms with Gasteiger partial charge >= 0.3 is 23.9 Å². The van der Waals surface area contributed by atoms with Gasteiger partial charge in [0.05, 0.1) is 26.4 Å². The first kappa shape index (κ1) is 35.2. The summed E-state index contributed by atoms with van der Waals surface area (Å²) in [7, 11) is 0. The molecule has 0 aromatic carbocycles. The predicted molar refractivity (Wildman–Crippen MR) is 147 cm³/mol. The maximum absolute atomic E-state index is 11.0. The molecule has 0 aliphatic carbocycles. The molecule has 0 unspecified atom stereocenters. The van der Waals surface area contributed by atoms with Gasteiger partial charge in [-0.25, -0.2) is 19.2 Å². The number of unbranched alkanes of at least 4 members (excludes halogenated alkanes) is 4. The zero-order chi connectivity index (χ0) is 29.9. The third kappa shape index (κ3) is 14.5. The van der Waals surface area contributed by atoms with Gasteiger partial charge in [0.2, 0.25) is 0 Å². The van der Waals surface area contributed by atoms with Crippen LogP contribution in [-0.2, 0) is 28.7 Å². The van der Waals surface area contributed by atoms with Crippen LogP contribution in [0.5, 0.6) is 0 Å². The highest BCUT2D eigenvalue weighted by atomic mass is 16.5. The molecule has 2 fully saturated rings. The minimum atomic E-state index is -1.16. The van der Waals surface area contributed by atoms with Crippen LogP contribution in [0, 0.1) is 0 Å². The summed E-state index contributed by atoms with van der Waals surface area (Å²) in [4.78, 5) is 48.3. The van der Waals surface area contributed by atoms with Crippen molar-refractivity contribution in [3.63, 3.8) is 0 Å². The highest BCUT2D eigenvalue weighted by Crippen LogP contribution is 2.16. The lowest BCUT2D eigenvalue weighted by Crippen LogP contribution is -2.36. The fourth-order valence-electron chi connectivity index (χ4n) is 4.45. The number of carbonyl (C=O) groups is 4. The van der Waals surface area contributed by atoms with E-state index >= 15 is 0 Å². The van der Waals surface area contributed by atoms with Crippen LogP contribution in [0.15, 0.2) is 22.3 Å². The van der Waals surface area contributed by atoms with Crippen molar-refractivity contribution in [1.29, 1.82) is 0 Å². The summed E-state index contributed by atoms with van der Waals surface area (Å²) in [5.41, 5.74) is -0.0934. The van der Waals surface area contributed by atoms with E-state index in [4.69, 9.17) is 29.9 Å². The van der Waals surface area contributed by atoms with Gasteiger partial charge in [0.25, 0.3) is 0 Å². The second kappa shape index (κ2) is 20.1. The van der Waals surface area contributed by atoms with Crippen molar-refractivity contribution in [3.05, 3.63) is 22.3 Å². The zero-order valence-electron chi connectivity index (χ0n) is 23.9. The van der Waals surface area contributed by atoms with Crippen LogP contribution < -0.4 is 0 Å². The quantitative estimate of drug-likeness (QED) is 0.158. The molecule has 228 valence electrons. The van der Waals surface area contributed by atoms with Crippen LogP contribution >= 0.6 is 0 Å². The normalized spacial score (nSPS) is 17.6. The Kier molecular flexibility index (Phi) is 17.7. The number of hydrogen-bond acceptors (Lipinski definition) is 8. The van der Waals surface area contributed by atoms with Crippen LogP contribution in [0.4, 0.5) is 0 Å². The number of carboxylic acid groups (broad SMARTS) is 4. The van der Waals surface area contributed by atoms with Crippen LogP contribution in [0.3, 0.4) is 0 Å². The molecule has 2 aliphatic heterocycles. The summed E-state index contributed by atoms with van der Waals surface area (Å²) in [5.74, 6) is -4.57. The molecular formula is C28H46N2O10. The van der Waals surface area contributed by atoms with Gasteiger partial charge in [-0.15, -0.1) is 0 Å². The standard InChI is InChI=1S/2C14H23NO5/c2*1-11(13(16)17)12(14(18)19)5-3-2-4-6-15-7-9-20-10-8-15/h2*2-10H2,1H3,(H,16,17)(H,18,19). The number of aliphatic carboxylic acids is 4. The summed E-state index contributed by atoms with van der Waals surface area (Å²) in [5, 5.41) is 35.7. The summed E-state index contributed by atoms with van der Waals surface area (Å²) >= 11 is 0. The van der Waals surface area contributed by atoms with Gasteiger partial charge in [-0.2, -0.15) is 0 Å². The molecule has 0 atom stereocenters. The van der Waals surface area contributed by atoms with E-state index in [1.54, 1.807) is 0 Å². The van der Waals surface area contributed by atoms with Crippen molar-refractivity contribution in [2.75, 3.05) is 65.7 Å². The Labute approximate surface area is 236 Å². The third-order valence-electron chi connectivity index (χ3n) is 7.07. The number of hydrogen-bond donors (Lipinski definition) is 4. The Hall–Kier alpha value is -2.80. The molecule has 2 saturated heterocycles. The molecule has 0 saturated carbocycles. The minimum Gasteiger partial charge on any atom is -0.478 e. The number of carboxylic acids is 4. The maximum Gasteiger partial charge on any atom is 0.332 e. The zero-order valence-corrected chi connectivity index (χ0v) is 23.9. The van der Waals surface area contributed by atoms with Crippen molar-refractivity contribution >= 4 is 23.9 Å². The minimum absolute atomic E-state index is 0.0175. The number of rotatable bonds is 16. The van der Waals surface area contributed by atoms with Crippen molar-refractivity contribution in [2.24, 2.45) is 0 Å². The Balaban J connectivity index is 0.000000400. The van der Waals surface area contributed by atoms with Gasteiger partial charge in [0.15, 0.2) is 0 Å². The predicted octanol–water partition coefficient (Wildman–Crippen LogP) is 2.73. The van der Waals surface area contributed by atoms with Gasteiger partial charge in [-0.3, -0.25) is 9.80 Å². The lowest BCUT2D eigenvalue weighted by atomic mass is 10.0. The topological polar surface area (TPSA) is 174 Å². The Morgan fingerprint density at radius 2 is 0.850 bits per heavy atom. The molecule has 12 heteroatoms. The van der Waals surface area contributed by atoms with E-state index in [0.717, 1.165) is 91.4 Å². The molecule has 2 rings (SSSR count). The van der Waals surface area contributed by atoms with Gasteiger partial charge < -0.3 is 29.9 Å². The fraction of sp³-hybridized carbons (Fsp3) is 0.714. The maximum atomic E-state index is 11.0. The molecule has 0 aromatic heterocycles. The highest BCUT2D eigenvalue weighted by molar-refractivity contribution is 5.98. The molecule has 2 aliphatic rings. The van der Waals surface area contributed by atoms with Crippen LogP contribution in [0.25, 0.3) is 0 Å². The van der Waals surface area contributed by atoms with E-state index < -0.39 is 23.9 Å². The molecule has 0 aromatic rings. The molecule has 2 heterocycles. The smallest absolute Gasteiger partial charge is 0.332 e. The Bertz CT molecular complexity index is 816. The van der Waals surface area contributed by atoms with Gasteiger partial charge in [-0.05, 0) is 65.5 Å². The fourth-order valence-corrected chi connectivity index (χ4v) is 4.45. The molecule has 40 heavy (non-hydrogen) atoms. The monoisotopic (exact) mass is 570 g/mol. The molecule has 0 spiro atoms. The molecular weight excluding hydrogens is 524 g/mol. The van der Waals surface area contributed by atoms with E-state index in [-0.39, 0.29) is 22.3 Å². The summed E-state index contributed by atoms with van der Waals surface area (Å²) < 4.78 is 10.5. The first-order valence-corrected chi connectivity index (χ1v) is 14.0.